The molecule has 1 atom stereocenters. The number of hydrogen-bond donors (Lipinski definition) is 1. The van der Waals surface area contributed by atoms with Crippen molar-refractivity contribution in [2.75, 3.05) is 32.8 Å². The molecule has 1 heterocycles. The van der Waals surface area contributed by atoms with Gasteiger partial charge in [-0.25, -0.2) is 4.39 Å². The molecule has 0 unspecified atom stereocenters. The zero-order valence-electron chi connectivity index (χ0n) is 20.1. The first-order chi connectivity index (χ1) is 16.4. The van der Waals surface area contributed by atoms with Gasteiger partial charge in [0.1, 0.15) is 17.3 Å². The van der Waals surface area contributed by atoms with E-state index in [-0.39, 0.29) is 16.9 Å². The van der Waals surface area contributed by atoms with E-state index in [1.54, 1.807) is 12.1 Å². The van der Waals surface area contributed by atoms with Gasteiger partial charge >= 0.3 is 0 Å². The highest BCUT2D eigenvalue weighted by molar-refractivity contribution is 6.46. The van der Waals surface area contributed by atoms with E-state index in [1.807, 2.05) is 19.1 Å². The molecule has 34 heavy (non-hydrogen) atoms. The molecule has 2 aromatic carbocycles. The van der Waals surface area contributed by atoms with Crippen molar-refractivity contribution in [2.45, 2.75) is 39.7 Å². The summed E-state index contributed by atoms with van der Waals surface area (Å²) in [6.07, 6.45) is 1.58. The highest BCUT2D eigenvalue weighted by Crippen LogP contribution is 2.39. The fourth-order valence-electron chi connectivity index (χ4n) is 4.19. The van der Waals surface area contributed by atoms with E-state index in [9.17, 15) is 19.1 Å². The van der Waals surface area contributed by atoms with E-state index in [1.165, 1.54) is 29.2 Å². The van der Waals surface area contributed by atoms with Crippen LogP contribution in [0.3, 0.4) is 0 Å². The summed E-state index contributed by atoms with van der Waals surface area (Å²) < 4.78 is 19.1. The summed E-state index contributed by atoms with van der Waals surface area (Å²) in [5.74, 6) is -1.43. The largest absolute Gasteiger partial charge is 0.507 e. The van der Waals surface area contributed by atoms with Gasteiger partial charge in [-0.05, 0) is 74.4 Å². The zero-order valence-corrected chi connectivity index (χ0v) is 20.1. The van der Waals surface area contributed by atoms with Crippen LogP contribution in [-0.4, -0.2) is 59.4 Å². The first-order valence-corrected chi connectivity index (χ1v) is 11.9. The van der Waals surface area contributed by atoms with E-state index in [0.717, 1.165) is 26.1 Å². The molecule has 0 spiro atoms. The Balaban J connectivity index is 1.99. The molecule has 0 saturated carbocycles. The molecule has 7 heteroatoms. The summed E-state index contributed by atoms with van der Waals surface area (Å²) in [4.78, 5) is 29.9. The second kappa shape index (κ2) is 11.8. The number of hydrogen-bond acceptors (Lipinski definition) is 5. The number of Topliss-reactive ketones (excluding diaryl/α,β-unsaturated/α-hetero) is 1. The molecule has 0 aromatic heterocycles. The summed E-state index contributed by atoms with van der Waals surface area (Å²) >= 11 is 0. The van der Waals surface area contributed by atoms with Crippen molar-refractivity contribution in [1.82, 2.24) is 9.80 Å². The van der Waals surface area contributed by atoms with Crippen molar-refractivity contribution in [1.29, 1.82) is 0 Å². The third kappa shape index (κ3) is 5.65. The fraction of sp³-hybridized carbons (Fsp3) is 0.407. The average molecular weight is 469 g/mol. The quantitative estimate of drug-likeness (QED) is 0.292. The molecule has 1 fully saturated rings. The van der Waals surface area contributed by atoms with Crippen molar-refractivity contribution in [3.63, 3.8) is 0 Å². The maximum Gasteiger partial charge on any atom is 0.295 e. The third-order valence-electron chi connectivity index (χ3n) is 6.09. The van der Waals surface area contributed by atoms with Gasteiger partial charge in [-0.15, -0.1) is 0 Å². The van der Waals surface area contributed by atoms with Gasteiger partial charge in [-0.3, -0.25) is 9.59 Å². The van der Waals surface area contributed by atoms with Crippen LogP contribution in [0.4, 0.5) is 4.39 Å². The summed E-state index contributed by atoms with van der Waals surface area (Å²) in [6.45, 7) is 9.76. The normalized spacial score (nSPS) is 17.6. The van der Waals surface area contributed by atoms with E-state index in [0.29, 0.717) is 30.9 Å². The van der Waals surface area contributed by atoms with Crippen LogP contribution in [0.15, 0.2) is 54.1 Å². The molecule has 3 rings (SSSR count). The van der Waals surface area contributed by atoms with Crippen LogP contribution < -0.4 is 4.74 Å². The Morgan fingerprint density at radius 2 is 1.68 bits per heavy atom. The van der Waals surface area contributed by atoms with Gasteiger partial charge < -0.3 is 19.6 Å². The van der Waals surface area contributed by atoms with Gasteiger partial charge in [0.2, 0.25) is 0 Å². The number of rotatable bonds is 11. The Hall–Kier alpha value is -3.19. The molecule has 6 nitrogen and oxygen atoms in total. The lowest BCUT2D eigenvalue weighted by atomic mass is 9.95. The number of nitrogens with zero attached hydrogens (tertiary/aromatic N) is 2. The Bertz CT molecular complexity index is 1010. The van der Waals surface area contributed by atoms with Crippen LogP contribution in [0.25, 0.3) is 5.76 Å². The molecule has 1 saturated heterocycles. The molecule has 182 valence electrons. The number of benzene rings is 2. The Morgan fingerprint density at radius 3 is 2.26 bits per heavy atom. The zero-order chi connectivity index (χ0) is 24.7. The average Bonchev–Trinajstić information content (AvgIpc) is 3.10. The molecule has 0 bridgehead atoms. The lowest BCUT2D eigenvalue weighted by Gasteiger charge is -2.27. The smallest absolute Gasteiger partial charge is 0.295 e. The minimum absolute atomic E-state index is 0.0154. The van der Waals surface area contributed by atoms with Gasteiger partial charge in [0.05, 0.1) is 18.2 Å². The van der Waals surface area contributed by atoms with Gasteiger partial charge in [0, 0.05) is 12.1 Å². The maximum atomic E-state index is 13.4. The highest BCUT2D eigenvalue weighted by atomic mass is 19.1. The Labute approximate surface area is 200 Å². The number of amides is 1. The van der Waals surface area contributed by atoms with E-state index in [2.05, 4.69) is 18.7 Å². The van der Waals surface area contributed by atoms with Crippen molar-refractivity contribution >= 4 is 17.4 Å². The van der Waals surface area contributed by atoms with Gasteiger partial charge in [0.25, 0.3) is 11.7 Å². The SMILES string of the molecule is CCCOc1ccc([C@@H]2/C(=C(\O)c3ccc(F)cc3)C(=O)C(=O)N2CCCN(CC)CC)cc1. The number of ketones is 1. The number of likely N-dealkylation sites (tertiary alicyclic amines) is 1. The standard InChI is InChI=1S/C27H33FN2O4/c1-4-18-34-22-14-10-19(11-15-22)24-23(25(31)20-8-12-21(28)13-9-20)26(32)27(33)30(24)17-7-16-29(5-2)6-3/h8-15,24,31H,4-7,16-18H2,1-3H3/b25-23+/t24-/m1/s1. The van der Waals surface area contributed by atoms with Crippen molar-refractivity contribution in [3.05, 3.63) is 71.0 Å². The predicted octanol–water partition coefficient (Wildman–Crippen LogP) is 4.77. The first-order valence-electron chi connectivity index (χ1n) is 11.9. The number of halogens is 1. The lowest BCUT2D eigenvalue weighted by molar-refractivity contribution is -0.140. The first kappa shape index (κ1) is 25.4. The maximum absolute atomic E-state index is 13.4. The minimum Gasteiger partial charge on any atom is -0.507 e. The summed E-state index contributed by atoms with van der Waals surface area (Å²) in [5.41, 5.74) is 1.01. The molecule has 1 aliphatic heterocycles. The second-order valence-corrected chi connectivity index (χ2v) is 8.30. The molecule has 1 amide bonds. The highest BCUT2D eigenvalue weighted by Gasteiger charge is 2.45. The lowest BCUT2D eigenvalue weighted by Crippen LogP contribution is -2.33. The van der Waals surface area contributed by atoms with Crippen LogP contribution in [0.2, 0.25) is 0 Å². The molecule has 2 aromatic rings. The minimum atomic E-state index is -0.735. The van der Waals surface area contributed by atoms with Crippen LogP contribution in [0.5, 0.6) is 5.75 Å². The number of aliphatic hydroxyl groups excluding tert-OH is 1. The Kier molecular flexibility index (Phi) is 8.82. The number of carbonyl (C=O) groups excluding carboxylic acids is 2. The fourth-order valence-corrected chi connectivity index (χ4v) is 4.19. The number of ether oxygens (including phenoxy) is 1. The number of aliphatic hydroxyl groups is 1. The molecular formula is C27H33FN2O4. The van der Waals surface area contributed by atoms with E-state index < -0.39 is 23.5 Å². The van der Waals surface area contributed by atoms with Crippen LogP contribution in [-0.2, 0) is 9.59 Å². The van der Waals surface area contributed by atoms with Crippen LogP contribution >= 0.6 is 0 Å². The van der Waals surface area contributed by atoms with Crippen LogP contribution in [0, 0.1) is 5.82 Å². The molecule has 0 radical (unpaired) electrons. The topological polar surface area (TPSA) is 70.1 Å². The van der Waals surface area contributed by atoms with E-state index in [4.69, 9.17) is 4.74 Å². The molecular weight excluding hydrogens is 435 g/mol. The number of carbonyl (C=O) groups is 2. The Morgan fingerprint density at radius 1 is 1.03 bits per heavy atom. The molecule has 0 aliphatic carbocycles. The molecule has 1 N–H and O–H groups in total. The summed E-state index contributed by atoms with van der Waals surface area (Å²) in [7, 11) is 0. The third-order valence-corrected chi connectivity index (χ3v) is 6.09. The predicted molar refractivity (Wildman–Crippen MR) is 130 cm³/mol. The van der Waals surface area contributed by atoms with E-state index >= 15 is 0 Å². The van der Waals surface area contributed by atoms with Gasteiger partial charge in [0.15, 0.2) is 0 Å². The molecule has 1 aliphatic rings. The van der Waals surface area contributed by atoms with Crippen molar-refractivity contribution in [3.8, 4) is 5.75 Å². The monoisotopic (exact) mass is 468 g/mol. The van der Waals surface area contributed by atoms with Gasteiger partial charge in [-0.1, -0.05) is 32.9 Å². The second-order valence-electron chi connectivity index (χ2n) is 8.30. The van der Waals surface area contributed by atoms with Crippen molar-refractivity contribution < 1.29 is 23.8 Å². The summed E-state index contributed by atoms with van der Waals surface area (Å²) in [5, 5.41) is 11.0. The summed E-state index contributed by atoms with van der Waals surface area (Å²) in [6, 6.07) is 11.7. The van der Waals surface area contributed by atoms with Gasteiger partial charge in [-0.2, -0.15) is 0 Å². The van der Waals surface area contributed by atoms with Crippen molar-refractivity contribution in [2.24, 2.45) is 0 Å². The van der Waals surface area contributed by atoms with Crippen LogP contribution in [0.1, 0.15) is 50.8 Å².